The zero-order chi connectivity index (χ0) is 14.3. The minimum absolute atomic E-state index is 0. The molecule has 4 aliphatic rings. The van der Waals surface area contributed by atoms with Crippen LogP contribution in [0, 0.1) is 5.92 Å². The molecular weight excluding hydrogens is 298 g/mol. The van der Waals surface area contributed by atoms with Gasteiger partial charge in [-0.05, 0) is 50.3 Å². The average molecular weight is 322 g/mol. The van der Waals surface area contributed by atoms with Crippen molar-refractivity contribution in [3.63, 3.8) is 0 Å². The highest BCUT2D eigenvalue weighted by Crippen LogP contribution is 2.45. The maximum Gasteiger partial charge on any atom is 0.316 e. The third-order valence-corrected chi connectivity index (χ3v) is 5.78. The van der Waals surface area contributed by atoms with Gasteiger partial charge in [0.15, 0.2) is 0 Å². The molecule has 0 N–H and O–H groups in total. The molecule has 120 valence electrons. The Morgan fingerprint density at radius 1 is 1.14 bits per heavy atom. The highest BCUT2D eigenvalue weighted by Gasteiger charge is 2.49. The number of esters is 1. The summed E-state index contributed by atoms with van der Waals surface area (Å²) in [7, 11) is 0. The quantitative estimate of drug-likeness (QED) is 0.801. The van der Waals surface area contributed by atoms with Crippen LogP contribution in [0.15, 0.2) is 30.3 Å². The number of hydrogen-bond acceptors (Lipinski definition) is 3. The molecule has 3 heterocycles. The van der Waals surface area contributed by atoms with Gasteiger partial charge in [0.25, 0.3) is 0 Å². The van der Waals surface area contributed by atoms with Crippen LogP contribution in [0.1, 0.15) is 37.7 Å². The third-order valence-electron chi connectivity index (χ3n) is 5.78. The lowest BCUT2D eigenvalue weighted by Gasteiger charge is -2.46. The van der Waals surface area contributed by atoms with Crippen LogP contribution in [0.3, 0.4) is 0 Å². The first-order chi connectivity index (χ1) is 10.3. The maximum atomic E-state index is 12.9. The van der Waals surface area contributed by atoms with E-state index in [1.165, 1.54) is 25.9 Å². The molecule has 4 fully saturated rings. The first kappa shape index (κ1) is 15.8. The molecule has 0 aromatic heterocycles. The van der Waals surface area contributed by atoms with E-state index in [0.29, 0.717) is 5.92 Å². The summed E-state index contributed by atoms with van der Waals surface area (Å²) in [5.41, 5.74) is 0.787. The first-order valence-corrected chi connectivity index (χ1v) is 8.27. The maximum absolute atomic E-state index is 12.9. The molecule has 1 aromatic carbocycles. The Kier molecular flexibility index (Phi) is 4.47. The molecule has 5 rings (SSSR count). The zero-order valence-electron chi connectivity index (χ0n) is 12.9. The molecule has 1 aromatic rings. The predicted molar refractivity (Wildman–Crippen MR) is 88.3 cm³/mol. The monoisotopic (exact) mass is 321 g/mol. The lowest BCUT2D eigenvalue weighted by molar-refractivity contribution is -0.169. The van der Waals surface area contributed by atoms with E-state index in [2.05, 4.69) is 17.0 Å². The largest absolute Gasteiger partial charge is 0.460 e. The zero-order valence-corrected chi connectivity index (χ0v) is 13.7. The Hall–Kier alpha value is -1.06. The summed E-state index contributed by atoms with van der Waals surface area (Å²) in [6, 6.07) is 10.2. The molecule has 3 saturated heterocycles. The number of carbonyl (C=O) groups excluding carboxylic acids is 1. The fourth-order valence-corrected chi connectivity index (χ4v) is 4.19. The van der Waals surface area contributed by atoms with Gasteiger partial charge in [-0.15, -0.1) is 12.4 Å². The van der Waals surface area contributed by atoms with Crippen molar-refractivity contribution in [2.75, 3.05) is 19.6 Å². The van der Waals surface area contributed by atoms with Gasteiger partial charge in [0.05, 0.1) is 5.41 Å². The predicted octanol–water partition coefficient (Wildman–Crippen LogP) is 3.17. The first-order valence-electron chi connectivity index (χ1n) is 8.27. The fraction of sp³-hybridized carbons (Fsp3) is 0.611. The topological polar surface area (TPSA) is 29.5 Å². The molecule has 4 heteroatoms. The molecule has 0 unspecified atom stereocenters. The van der Waals surface area contributed by atoms with Crippen LogP contribution in [0.25, 0.3) is 0 Å². The summed E-state index contributed by atoms with van der Waals surface area (Å²) in [4.78, 5) is 15.3. The molecule has 0 amide bonds. The second kappa shape index (κ2) is 6.21. The number of piperidine rings is 3. The Morgan fingerprint density at radius 3 is 2.32 bits per heavy atom. The van der Waals surface area contributed by atoms with E-state index in [-0.39, 0.29) is 29.9 Å². The second-order valence-electron chi connectivity index (χ2n) is 6.88. The lowest BCUT2D eigenvalue weighted by Crippen LogP contribution is -2.54. The number of fused-ring (bicyclic) bond motifs is 3. The van der Waals surface area contributed by atoms with Crippen molar-refractivity contribution in [1.29, 1.82) is 0 Å². The van der Waals surface area contributed by atoms with E-state index in [4.69, 9.17) is 4.74 Å². The Labute approximate surface area is 138 Å². The Morgan fingerprint density at radius 2 is 1.82 bits per heavy atom. The highest BCUT2D eigenvalue weighted by molar-refractivity contribution is 5.85. The van der Waals surface area contributed by atoms with E-state index in [9.17, 15) is 4.79 Å². The summed E-state index contributed by atoms with van der Waals surface area (Å²) in [5, 5.41) is 0. The van der Waals surface area contributed by atoms with Crippen LogP contribution in [0.2, 0.25) is 0 Å². The molecule has 3 nitrogen and oxygen atoms in total. The van der Waals surface area contributed by atoms with E-state index >= 15 is 0 Å². The van der Waals surface area contributed by atoms with Crippen LogP contribution in [0.5, 0.6) is 0 Å². The van der Waals surface area contributed by atoms with Gasteiger partial charge in [-0.25, -0.2) is 0 Å². The lowest BCUT2D eigenvalue weighted by atomic mass is 9.64. The van der Waals surface area contributed by atoms with E-state index in [1.54, 1.807) is 0 Å². The van der Waals surface area contributed by atoms with E-state index < -0.39 is 0 Å². The Balaban J connectivity index is 0.00000144. The van der Waals surface area contributed by atoms with Crippen molar-refractivity contribution >= 4 is 18.4 Å². The van der Waals surface area contributed by atoms with Gasteiger partial charge in [-0.2, -0.15) is 0 Å². The van der Waals surface area contributed by atoms with Crippen molar-refractivity contribution in [1.82, 2.24) is 4.90 Å². The molecule has 2 bridgehead atoms. The molecule has 0 radical (unpaired) electrons. The van der Waals surface area contributed by atoms with Gasteiger partial charge in [0.1, 0.15) is 6.10 Å². The standard InChI is InChI=1S/C18H23NO2.ClH/c20-17(21-16-13-19-11-7-14(16)8-12-19)18(9-4-10-18)15-5-2-1-3-6-15;/h1-3,5-6,14,16H,4,7-13H2;1H/t16-;/m0./s1. The smallest absolute Gasteiger partial charge is 0.316 e. The average Bonchev–Trinajstić information content (AvgIpc) is 2.48. The number of benzene rings is 1. The summed E-state index contributed by atoms with van der Waals surface area (Å²) in [5.74, 6) is 0.616. The summed E-state index contributed by atoms with van der Waals surface area (Å²) in [6.45, 7) is 3.31. The van der Waals surface area contributed by atoms with Gasteiger partial charge in [-0.3, -0.25) is 9.69 Å². The molecule has 0 spiro atoms. The van der Waals surface area contributed by atoms with E-state index in [0.717, 1.165) is 31.4 Å². The van der Waals surface area contributed by atoms with Crippen LogP contribution in [0.4, 0.5) is 0 Å². The normalized spacial score (nSPS) is 31.7. The van der Waals surface area contributed by atoms with Crippen molar-refractivity contribution in [2.45, 2.75) is 43.6 Å². The van der Waals surface area contributed by atoms with E-state index in [1.807, 2.05) is 18.2 Å². The Bertz CT molecular complexity index is 521. The molecular formula is C18H24ClNO2. The van der Waals surface area contributed by atoms with Gasteiger partial charge >= 0.3 is 5.97 Å². The fourth-order valence-electron chi connectivity index (χ4n) is 4.19. The van der Waals surface area contributed by atoms with Crippen LogP contribution < -0.4 is 0 Å². The minimum atomic E-state index is -0.354. The molecule has 1 atom stereocenters. The highest BCUT2D eigenvalue weighted by atomic mass is 35.5. The van der Waals surface area contributed by atoms with Crippen molar-refractivity contribution in [3.05, 3.63) is 35.9 Å². The molecule has 3 aliphatic heterocycles. The van der Waals surface area contributed by atoms with Crippen molar-refractivity contribution in [2.24, 2.45) is 5.92 Å². The van der Waals surface area contributed by atoms with Crippen LogP contribution >= 0.6 is 12.4 Å². The van der Waals surface area contributed by atoms with Gasteiger partial charge < -0.3 is 4.74 Å². The number of nitrogens with zero attached hydrogens (tertiary/aromatic N) is 1. The molecule has 1 aliphatic carbocycles. The van der Waals surface area contributed by atoms with Crippen molar-refractivity contribution in [3.8, 4) is 0 Å². The third kappa shape index (κ3) is 2.55. The summed E-state index contributed by atoms with van der Waals surface area (Å²) < 4.78 is 6.01. The van der Waals surface area contributed by atoms with Gasteiger partial charge in [-0.1, -0.05) is 36.8 Å². The van der Waals surface area contributed by atoms with Gasteiger partial charge in [0.2, 0.25) is 0 Å². The SMILES string of the molecule is Cl.O=C(O[C@H]1CN2CCC1CC2)C1(c2ccccc2)CCC1. The molecule has 22 heavy (non-hydrogen) atoms. The van der Waals surface area contributed by atoms with Gasteiger partial charge in [0, 0.05) is 6.54 Å². The summed E-state index contributed by atoms with van der Waals surface area (Å²) in [6.07, 6.45) is 5.52. The second-order valence-corrected chi connectivity index (χ2v) is 6.88. The number of carbonyl (C=O) groups is 1. The number of hydrogen-bond donors (Lipinski definition) is 0. The van der Waals surface area contributed by atoms with Crippen LogP contribution in [-0.4, -0.2) is 36.6 Å². The van der Waals surface area contributed by atoms with Crippen molar-refractivity contribution < 1.29 is 9.53 Å². The molecule has 1 saturated carbocycles. The minimum Gasteiger partial charge on any atom is -0.460 e. The number of ether oxygens (including phenoxy) is 1. The number of rotatable bonds is 3. The number of halogens is 1. The summed E-state index contributed by atoms with van der Waals surface area (Å²) >= 11 is 0. The van der Waals surface area contributed by atoms with Crippen LogP contribution in [-0.2, 0) is 14.9 Å².